The Balaban J connectivity index is 1.24. The fourth-order valence-corrected chi connectivity index (χ4v) is 9.43. The van der Waals surface area contributed by atoms with Gasteiger partial charge in [-0.2, -0.15) is 0 Å². The minimum atomic E-state index is -3.69. The van der Waals surface area contributed by atoms with Crippen LogP contribution in [0.15, 0.2) is 29.2 Å². The Kier molecular flexibility index (Phi) is 4.84. The first-order valence-electron chi connectivity index (χ1n) is 11.6. The Hall–Kier alpha value is -1.47. The second-order valence-corrected chi connectivity index (χ2v) is 13.3. The number of carbonyl (C=O) groups excluding carboxylic acids is 1. The Bertz CT molecular complexity index is 967. The van der Waals surface area contributed by atoms with Gasteiger partial charge >= 0.3 is 0 Å². The maximum absolute atomic E-state index is 13.7. The van der Waals surface area contributed by atoms with Gasteiger partial charge in [0.25, 0.3) is 0 Å². The van der Waals surface area contributed by atoms with Gasteiger partial charge in [-0.3, -0.25) is 4.79 Å². The third kappa shape index (κ3) is 3.82. The van der Waals surface area contributed by atoms with Crippen molar-refractivity contribution in [3.05, 3.63) is 30.1 Å². The zero-order valence-corrected chi connectivity index (χ0v) is 19.3. The largest absolute Gasteiger partial charge is 0.342 e. The molecule has 0 spiro atoms. The number of rotatable bonds is 4. The standard InChI is InChI=1S/C24H33FN2O3S/c1-22-11-17-12-23(2,14-22)16-24(13-17,15-22)21(28)27-9-7-19(8-10-27)26-31(29,30)20-5-3-18(25)4-6-20/h3-6,17,19,26H,7-16H2,1-2H3. The molecule has 4 bridgehead atoms. The number of nitrogens with one attached hydrogen (secondary N) is 1. The second-order valence-electron chi connectivity index (χ2n) is 11.6. The number of likely N-dealkylation sites (tertiary alicyclic amines) is 1. The van der Waals surface area contributed by atoms with E-state index >= 15 is 0 Å². The van der Waals surface area contributed by atoms with Crippen LogP contribution >= 0.6 is 0 Å². The lowest BCUT2D eigenvalue weighted by Crippen LogP contribution is -2.61. The van der Waals surface area contributed by atoms with Gasteiger partial charge in [0.1, 0.15) is 5.82 Å². The van der Waals surface area contributed by atoms with E-state index in [1.807, 2.05) is 4.90 Å². The van der Waals surface area contributed by atoms with Gasteiger partial charge in [0, 0.05) is 19.1 Å². The van der Waals surface area contributed by atoms with Crippen molar-refractivity contribution in [3.8, 4) is 0 Å². The van der Waals surface area contributed by atoms with E-state index in [2.05, 4.69) is 18.6 Å². The van der Waals surface area contributed by atoms with E-state index in [9.17, 15) is 17.6 Å². The van der Waals surface area contributed by atoms with Gasteiger partial charge < -0.3 is 4.90 Å². The Morgan fingerprint density at radius 2 is 1.58 bits per heavy atom. The molecular weight excluding hydrogens is 415 g/mol. The number of amides is 1. The van der Waals surface area contributed by atoms with Crippen LogP contribution < -0.4 is 4.72 Å². The first-order chi connectivity index (χ1) is 14.5. The molecule has 1 aromatic rings. The van der Waals surface area contributed by atoms with Crippen LogP contribution in [0.3, 0.4) is 0 Å². The van der Waals surface area contributed by atoms with Gasteiger partial charge in [0.05, 0.1) is 10.3 Å². The number of halogens is 1. The van der Waals surface area contributed by atoms with Crippen LogP contribution in [-0.4, -0.2) is 38.4 Å². The molecule has 1 amide bonds. The van der Waals surface area contributed by atoms with Crippen LogP contribution in [0.2, 0.25) is 0 Å². The molecular formula is C24H33FN2O3S. The predicted molar refractivity (Wildman–Crippen MR) is 116 cm³/mol. The van der Waals surface area contributed by atoms with Crippen molar-refractivity contribution < 1.29 is 17.6 Å². The maximum Gasteiger partial charge on any atom is 0.240 e. The highest BCUT2D eigenvalue weighted by atomic mass is 32.2. The quantitative estimate of drug-likeness (QED) is 0.754. The average molecular weight is 449 g/mol. The number of piperidine rings is 1. The zero-order valence-electron chi connectivity index (χ0n) is 18.5. The Morgan fingerprint density at radius 3 is 2.13 bits per heavy atom. The molecule has 5 aliphatic rings. The van der Waals surface area contributed by atoms with Crippen molar-refractivity contribution in [1.29, 1.82) is 0 Å². The van der Waals surface area contributed by atoms with Gasteiger partial charge in [-0.05, 0) is 92.4 Å². The molecule has 7 heteroatoms. The molecule has 0 aromatic heterocycles. The highest BCUT2D eigenvalue weighted by molar-refractivity contribution is 7.89. The lowest BCUT2D eigenvalue weighted by molar-refractivity contribution is -0.180. The molecule has 4 aliphatic carbocycles. The second kappa shape index (κ2) is 7.01. The molecule has 5 fully saturated rings. The van der Waals surface area contributed by atoms with E-state index in [0.717, 1.165) is 31.4 Å². The molecule has 1 aromatic carbocycles. The summed E-state index contributed by atoms with van der Waals surface area (Å²) in [6.45, 7) is 5.95. The fourth-order valence-electron chi connectivity index (χ4n) is 8.12. The van der Waals surface area contributed by atoms with Gasteiger partial charge in [-0.25, -0.2) is 17.5 Å². The van der Waals surface area contributed by atoms with E-state index in [-0.39, 0.29) is 16.4 Å². The minimum absolute atomic E-state index is 0.0717. The number of hydrogen-bond acceptors (Lipinski definition) is 3. The monoisotopic (exact) mass is 448 g/mol. The number of sulfonamides is 1. The molecule has 170 valence electrons. The van der Waals surface area contributed by atoms with Crippen molar-refractivity contribution in [1.82, 2.24) is 9.62 Å². The molecule has 2 atom stereocenters. The van der Waals surface area contributed by atoms with Crippen LogP contribution in [-0.2, 0) is 14.8 Å². The van der Waals surface area contributed by atoms with E-state index in [4.69, 9.17) is 0 Å². The lowest BCUT2D eigenvalue weighted by atomic mass is 9.40. The summed E-state index contributed by atoms with van der Waals surface area (Å²) >= 11 is 0. The molecule has 2 unspecified atom stereocenters. The number of benzene rings is 1. The summed E-state index contributed by atoms with van der Waals surface area (Å²) < 4.78 is 41.1. The fraction of sp³-hybridized carbons (Fsp3) is 0.708. The highest BCUT2D eigenvalue weighted by Gasteiger charge is 2.63. The first-order valence-corrected chi connectivity index (χ1v) is 13.1. The first kappa shape index (κ1) is 21.4. The van der Waals surface area contributed by atoms with E-state index in [0.29, 0.717) is 48.6 Å². The normalized spacial score (nSPS) is 37.9. The van der Waals surface area contributed by atoms with Crippen molar-refractivity contribution in [2.75, 3.05) is 13.1 Å². The summed E-state index contributed by atoms with van der Waals surface area (Å²) in [6.07, 6.45) is 8.08. The third-order valence-electron chi connectivity index (χ3n) is 8.31. The highest BCUT2D eigenvalue weighted by Crippen LogP contribution is 2.69. The smallest absolute Gasteiger partial charge is 0.240 e. The molecule has 1 heterocycles. The van der Waals surface area contributed by atoms with Crippen molar-refractivity contribution in [3.63, 3.8) is 0 Å². The number of nitrogens with zero attached hydrogens (tertiary/aromatic N) is 1. The summed E-state index contributed by atoms with van der Waals surface area (Å²) in [5, 5.41) is 0. The van der Waals surface area contributed by atoms with Crippen LogP contribution in [0.4, 0.5) is 4.39 Å². The van der Waals surface area contributed by atoms with Crippen LogP contribution in [0.1, 0.15) is 65.2 Å². The molecule has 6 rings (SSSR count). The Morgan fingerprint density at radius 1 is 1.00 bits per heavy atom. The van der Waals surface area contributed by atoms with Crippen LogP contribution in [0, 0.1) is 28.0 Å². The molecule has 1 N–H and O–H groups in total. The summed E-state index contributed by atoms with van der Waals surface area (Å²) in [7, 11) is -3.69. The summed E-state index contributed by atoms with van der Waals surface area (Å²) in [5.41, 5.74) is 0.392. The summed E-state index contributed by atoms with van der Waals surface area (Å²) in [4.78, 5) is 15.8. The van der Waals surface area contributed by atoms with E-state index in [1.54, 1.807) is 0 Å². The molecule has 0 radical (unpaired) electrons. The topological polar surface area (TPSA) is 66.5 Å². The van der Waals surface area contributed by atoms with Gasteiger partial charge in [-0.15, -0.1) is 0 Å². The van der Waals surface area contributed by atoms with Gasteiger partial charge in [0.15, 0.2) is 0 Å². The van der Waals surface area contributed by atoms with Crippen LogP contribution in [0.5, 0.6) is 0 Å². The minimum Gasteiger partial charge on any atom is -0.342 e. The van der Waals surface area contributed by atoms with Crippen LogP contribution in [0.25, 0.3) is 0 Å². The zero-order chi connectivity index (χ0) is 22.1. The number of hydrogen-bond donors (Lipinski definition) is 1. The molecule has 4 saturated carbocycles. The SMILES string of the molecule is CC12CC3CC(C)(C1)CC(C(=O)N1CCC(NS(=O)(=O)c4ccc(F)cc4)CC1)(C3)C2. The lowest BCUT2D eigenvalue weighted by Gasteiger charge is -2.65. The third-order valence-corrected chi connectivity index (χ3v) is 9.84. The van der Waals surface area contributed by atoms with Crippen molar-refractivity contribution >= 4 is 15.9 Å². The molecule has 5 nitrogen and oxygen atoms in total. The Labute approximate surface area is 184 Å². The predicted octanol–water partition coefficient (Wildman–Crippen LogP) is 4.09. The average Bonchev–Trinajstić information content (AvgIpc) is 2.65. The molecule has 31 heavy (non-hydrogen) atoms. The van der Waals surface area contributed by atoms with E-state index < -0.39 is 15.8 Å². The maximum atomic E-state index is 13.7. The number of carbonyl (C=O) groups is 1. The summed E-state index contributed by atoms with van der Waals surface area (Å²) in [5.74, 6) is 0.530. The molecule has 1 aliphatic heterocycles. The van der Waals surface area contributed by atoms with Crippen molar-refractivity contribution in [2.45, 2.75) is 76.2 Å². The molecule has 1 saturated heterocycles. The van der Waals surface area contributed by atoms with E-state index in [1.165, 1.54) is 31.4 Å². The van der Waals surface area contributed by atoms with Gasteiger partial charge in [0.2, 0.25) is 15.9 Å². The summed E-state index contributed by atoms with van der Waals surface area (Å²) in [6, 6.07) is 4.67. The van der Waals surface area contributed by atoms with Gasteiger partial charge in [-0.1, -0.05) is 13.8 Å². The van der Waals surface area contributed by atoms with Crippen molar-refractivity contribution in [2.24, 2.45) is 22.2 Å².